The van der Waals surface area contributed by atoms with Crippen LogP contribution >= 0.6 is 0 Å². The van der Waals surface area contributed by atoms with Crippen LogP contribution in [-0.4, -0.2) is 83.8 Å². The van der Waals surface area contributed by atoms with E-state index in [9.17, 15) is 14.4 Å². The van der Waals surface area contributed by atoms with Gasteiger partial charge in [-0.25, -0.2) is 14.6 Å². The molecule has 1 unspecified atom stereocenters. The van der Waals surface area contributed by atoms with Crippen LogP contribution in [0.25, 0.3) is 0 Å². The summed E-state index contributed by atoms with van der Waals surface area (Å²) >= 11 is 0. The van der Waals surface area contributed by atoms with Gasteiger partial charge < -0.3 is 24.1 Å². The number of hydrogen-bond donors (Lipinski definition) is 0. The lowest BCUT2D eigenvalue weighted by atomic mass is 9.92. The molecule has 0 bridgehead atoms. The Labute approximate surface area is 214 Å². The van der Waals surface area contributed by atoms with Gasteiger partial charge in [0, 0.05) is 50.2 Å². The van der Waals surface area contributed by atoms with E-state index in [0.29, 0.717) is 51.3 Å². The Kier molecular flexibility index (Phi) is 5.74. The molecule has 2 saturated heterocycles. The highest BCUT2D eigenvalue weighted by atomic mass is 16.8. The number of esters is 1. The Bertz CT molecular complexity index is 1220. The van der Waals surface area contributed by atoms with Crippen LogP contribution in [0.2, 0.25) is 0 Å². The van der Waals surface area contributed by atoms with Gasteiger partial charge in [-0.15, -0.1) is 5.06 Å². The molecule has 0 aromatic carbocycles. The van der Waals surface area contributed by atoms with E-state index in [1.165, 1.54) is 0 Å². The van der Waals surface area contributed by atoms with E-state index in [0.717, 1.165) is 29.8 Å². The lowest BCUT2D eigenvalue weighted by Crippen LogP contribution is -2.47. The largest absolute Gasteiger partial charge is 0.527 e. The molecule has 3 fully saturated rings. The number of aromatic nitrogens is 2. The summed E-state index contributed by atoms with van der Waals surface area (Å²) in [5, 5.41) is 1.60. The Balaban J connectivity index is 1.10. The zero-order valence-electron chi connectivity index (χ0n) is 20.7. The second-order valence-corrected chi connectivity index (χ2v) is 9.96. The maximum Gasteiger partial charge on any atom is 0.527 e. The van der Waals surface area contributed by atoms with E-state index in [-0.39, 0.29) is 18.5 Å². The van der Waals surface area contributed by atoms with Crippen molar-refractivity contribution in [3.8, 4) is 0 Å². The molecule has 0 radical (unpaired) electrons. The number of carbonyl (C=O) groups is 3. The van der Waals surface area contributed by atoms with Gasteiger partial charge >= 0.3 is 12.1 Å². The molecule has 1 aliphatic carbocycles. The van der Waals surface area contributed by atoms with Gasteiger partial charge in [0.05, 0.1) is 37.2 Å². The normalized spacial score (nSPS) is 24.1. The van der Waals surface area contributed by atoms with Crippen molar-refractivity contribution in [2.75, 3.05) is 50.8 Å². The van der Waals surface area contributed by atoms with E-state index in [4.69, 9.17) is 14.3 Å². The van der Waals surface area contributed by atoms with Crippen molar-refractivity contribution in [1.82, 2.24) is 19.9 Å². The number of anilines is 1. The molecular formula is C26H29N5O6. The fourth-order valence-corrected chi connectivity index (χ4v) is 5.67. The van der Waals surface area contributed by atoms with Gasteiger partial charge in [0.2, 0.25) is 5.91 Å². The molecule has 1 atom stereocenters. The van der Waals surface area contributed by atoms with Crippen molar-refractivity contribution in [3.05, 3.63) is 53.5 Å². The lowest BCUT2D eigenvalue weighted by Gasteiger charge is -2.33. The molecule has 3 aliphatic heterocycles. The first kappa shape index (κ1) is 23.7. The molecule has 1 spiro atoms. The van der Waals surface area contributed by atoms with E-state index in [1.54, 1.807) is 24.4 Å². The van der Waals surface area contributed by atoms with Gasteiger partial charge in [0.15, 0.2) is 5.60 Å². The number of ether oxygens (including phenoxy) is 2. The SMILES string of the molecule is CCOC(=O)ON1CCN(c2ccc(C3(C(=O)N4CCC5(C4)OC(=O)c4cnccc45)CC3)cn2)CC1. The van der Waals surface area contributed by atoms with E-state index >= 15 is 0 Å². The summed E-state index contributed by atoms with van der Waals surface area (Å²) in [6, 6.07) is 5.78. The lowest BCUT2D eigenvalue weighted by molar-refractivity contribution is -0.134. The molecule has 0 N–H and O–H groups in total. The number of rotatable bonds is 5. The van der Waals surface area contributed by atoms with Crippen LogP contribution in [0, 0.1) is 0 Å². The van der Waals surface area contributed by atoms with E-state index in [1.807, 2.05) is 29.3 Å². The smallest absolute Gasteiger partial charge is 0.449 e. The predicted octanol–water partition coefficient (Wildman–Crippen LogP) is 2.02. The molecule has 11 nitrogen and oxygen atoms in total. The van der Waals surface area contributed by atoms with Crippen LogP contribution in [0.3, 0.4) is 0 Å². The number of hydrogen-bond acceptors (Lipinski definition) is 10. The van der Waals surface area contributed by atoms with Crippen molar-refractivity contribution in [2.24, 2.45) is 0 Å². The molecule has 2 aromatic heterocycles. The Morgan fingerprint density at radius 3 is 2.57 bits per heavy atom. The number of pyridine rings is 2. The van der Waals surface area contributed by atoms with Crippen LogP contribution in [0.4, 0.5) is 10.6 Å². The topological polar surface area (TPSA) is 114 Å². The highest BCUT2D eigenvalue weighted by molar-refractivity contribution is 5.95. The van der Waals surface area contributed by atoms with Crippen LogP contribution in [-0.2, 0) is 30.1 Å². The standard InChI is InChI=1S/C26H29N5O6/c1-2-35-24(34)37-31-13-11-29(12-14-31)21-4-3-18(15-28-21)25(6-7-25)23(33)30-10-8-26(17-30)20-5-9-27-16-19(20)22(32)36-26/h3-5,9,15-16H,2,6-8,10-14,17H2,1H3. The van der Waals surface area contributed by atoms with Crippen molar-refractivity contribution < 1.29 is 28.7 Å². The summed E-state index contributed by atoms with van der Waals surface area (Å²) in [4.78, 5) is 55.5. The fourth-order valence-electron chi connectivity index (χ4n) is 5.67. The fraction of sp³-hybridized carbons (Fsp3) is 0.500. The molecule has 6 rings (SSSR count). The average Bonchev–Trinajstić information content (AvgIpc) is 3.55. The predicted molar refractivity (Wildman–Crippen MR) is 130 cm³/mol. The molecule has 2 aromatic rings. The number of carbonyl (C=O) groups excluding carboxylic acids is 3. The summed E-state index contributed by atoms with van der Waals surface area (Å²) in [7, 11) is 0. The monoisotopic (exact) mass is 507 g/mol. The van der Waals surface area contributed by atoms with Gasteiger partial charge in [0.1, 0.15) is 5.82 Å². The first-order valence-electron chi connectivity index (χ1n) is 12.7. The van der Waals surface area contributed by atoms with Crippen LogP contribution in [0.15, 0.2) is 36.8 Å². The minimum atomic E-state index is -0.775. The Hall–Kier alpha value is -3.73. The molecule has 11 heteroatoms. The van der Waals surface area contributed by atoms with Crippen LogP contribution < -0.4 is 4.90 Å². The van der Waals surface area contributed by atoms with Gasteiger partial charge in [-0.2, -0.15) is 0 Å². The second-order valence-electron chi connectivity index (χ2n) is 9.96. The number of piperazine rings is 1. The van der Waals surface area contributed by atoms with Crippen LogP contribution in [0.1, 0.15) is 47.7 Å². The minimum absolute atomic E-state index is 0.0715. The third kappa shape index (κ3) is 4.07. The molecule has 37 heavy (non-hydrogen) atoms. The second kappa shape index (κ2) is 8.98. The molecule has 5 heterocycles. The first-order valence-corrected chi connectivity index (χ1v) is 12.7. The van der Waals surface area contributed by atoms with Crippen molar-refractivity contribution in [3.63, 3.8) is 0 Å². The summed E-state index contributed by atoms with van der Waals surface area (Å²) < 4.78 is 10.6. The third-order valence-electron chi connectivity index (χ3n) is 7.83. The number of amides is 1. The summed E-state index contributed by atoms with van der Waals surface area (Å²) in [5.41, 5.74) is 0.895. The molecule has 1 amide bonds. The maximum atomic E-state index is 13.7. The highest BCUT2D eigenvalue weighted by Gasteiger charge is 2.58. The van der Waals surface area contributed by atoms with Gasteiger partial charge in [-0.05, 0) is 37.5 Å². The molecule has 1 saturated carbocycles. The van der Waals surface area contributed by atoms with E-state index < -0.39 is 17.2 Å². The summed E-state index contributed by atoms with van der Waals surface area (Å²) in [6.45, 7) is 5.31. The number of fused-ring (bicyclic) bond motifs is 2. The average molecular weight is 508 g/mol. The van der Waals surface area contributed by atoms with Gasteiger partial charge in [0.25, 0.3) is 0 Å². The number of nitrogens with zero attached hydrogens (tertiary/aromatic N) is 5. The Morgan fingerprint density at radius 1 is 1.05 bits per heavy atom. The van der Waals surface area contributed by atoms with Gasteiger partial charge in [-0.1, -0.05) is 6.07 Å². The van der Waals surface area contributed by atoms with Crippen LogP contribution in [0.5, 0.6) is 0 Å². The third-order valence-corrected chi connectivity index (χ3v) is 7.83. The summed E-state index contributed by atoms with van der Waals surface area (Å²) in [5.74, 6) is 0.528. The maximum absolute atomic E-state index is 13.7. The first-order chi connectivity index (χ1) is 17.9. The summed E-state index contributed by atoms with van der Waals surface area (Å²) in [6.07, 6.45) is 6.47. The van der Waals surface area contributed by atoms with Gasteiger partial charge in [-0.3, -0.25) is 9.78 Å². The minimum Gasteiger partial charge on any atom is -0.449 e. The Morgan fingerprint density at radius 2 is 1.86 bits per heavy atom. The molecule has 194 valence electrons. The van der Waals surface area contributed by atoms with Crippen molar-refractivity contribution in [2.45, 2.75) is 37.2 Å². The van der Waals surface area contributed by atoms with E-state index in [2.05, 4.69) is 14.9 Å². The van der Waals surface area contributed by atoms with Crippen molar-refractivity contribution in [1.29, 1.82) is 0 Å². The highest BCUT2D eigenvalue weighted by Crippen LogP contribution is 2.52. The number of likely N-dealkylation sites (tertiary alicyclic amines) is 1. The quantitative estimate of drug-likeness (QED) is 0.557. The molecular weight excluding hydrogens is 478 g/mol. The molecule has 4 aliphatic rings. The zero-order valence-corrected chi connectivity index (χ0v) is 20.7. The van der Waals surface area contributed by atoms with Crippen molar-refractivity contribution >= 4 is 23.8 Å². The number of hydroxylamine groups is 2. The zero-order chi connectivity index (χ0) is 25.6.